The Morgan fingerprint density at radius 1 is 0.912 bits per heavy atom. The zero-order valence-electron chi connectivity index (χ0n) is 19.5. The van der Waals surface area contributed by atoms with Crippen LogP contribution in [0.25, 0.3) is 0 Å². The first-order chi connectivity index (χ1) is 16.3. The number of benzene rings is 2. The summed E-state index contributed by atoms with van der Waals surface area (Å²) in [6.45, 7) is 5.66. The van der Waals surface area contributed by atoms with Crippen molar-refractivity contribution in [3.05, 3.63) is 69.7 Å². The van der Waals surface area contributed by atoms with Crippen molar-refractivity contribution >= 4 is 35.1 Å². The molecule has 0 bridgehead atoms. The SMILES string of the molecule is C[C@H]1CN(C(c2ccc(Cl)cc2)c2ccc(Cl)cc2)CCN1C(=O)CC1CCN(C(N)=O)CC1. The van der Waals surface area contributed by atoms with Gasteiger partial charge in [0, 0.05) is 55.2 Å². The van der Waals surface area contributed by atoms with Crippen molar-refractivity contribution in [1.29, 1.82) is 0 Å². The van der Waals surface area contributed by atoms with Crippen LogP contribution in [0.2, 0.25) is 10.0 Å². The first-order valence-electron chi connectivity index (χ1n) is 11.9. The molecule has 2 fully saturated rings. The lowest BCUT2D eigenvalue weighted by Gasteiger charge is -2.44. The Bertz CT molecular complexity index is 945. The van der Waals surface area contributed by atoms with E-state index in [0.717, 1.165) is 25.9 Å². The molecule has 2 saturated heterocycles. The number of rotatable bonds is 5. The van der Waals surface area contributed by atoms with Crippen LogP contribution in [0.4, 0.5) is 4.79 Å². The fourth-order valence-electron chi connectivity index (χ4n) is 5.22. The Morgan fingerprint density at radius 3 is 1.91 bits per heavy atom. The van der Waals surface area contributed by atoms with Crippen molar-refractivity contribution < 1.29 is 9.59 Å². The molecule has 182 valence electrons. The van der Waals surface area contributed by atoms with E-state index in [2.05, 4.69) is 36.1 Å². The molecule has 1 atom stereocenters. The van der Waals surface area contributed by atoms with Gasteiger partial charge in [0.15, 0.2) is 0 Å². The zero-order chi connectivity index (χ0) is 24.2. The molecule has 0 saturated carbocycles. The molecule has 8 heteroatoms. The maximum absolute atomic E-state index is 13.2. The summed E-state index contributed by atoms with van der Waals surface area (Å²) in [6, 6.07) is 15.8. The fraction of sp³-hybridized carbons (Fsp3) is 0.462. The summed E-state index contributed by atoms with van der Waals surface area (Å²) in [5, 5.41) is 1.42. The lowest BCUT2D eigenvalue weighted by atomic mass is 9.92. The second-order valence-electron chi connectivity index (χ2n) is 9.41. The number of hydrogen-bond acceptors (Lipinski definition) is 3. The third-order valence-corrected chi connectivity index (χ3v) is 7.61. The minimum Gasteiger partial charge on any atom is -0.351 e. The Balaban J connectivity index is 1.42. The van der Waals surface area contributed by atoms with Crippen molar-refractivity contribution in [2.75, 3.05) is 32.7 Å². The minimum absolute atomic E-state index is 0.0624. The fourth-order valence-corrected chi connectivity index (χ4v) is 5.47. The zero-order valence-corrected chi connectivity index (χ0v) is 21.0. The predicted octanol–water partition coefficient (Wildman–Crippen LogP) is 4.80. The second-order valence-corrected chi connectivity index (χ2v) is 10.3. The average molecular weight is 503 g/mol. The Hall–Kier alpha value is -2.28. The molecule has 0 unspecified atom stereocenters. The van der Waals surface area contributed by atoms with Gasteiger partial charge in [0.05, 0.1) is 6.04 Å². The van der Waals surface area contributed by atoms with Crippen molar-refractivity contribution in [2.45, 2.75) is 38.3 Å². The van der Waals surface area contributed by atoms with E-state index in [1.54, 1.807) is 4.90 Å². The highest BCUT2D eigenvalue weighted by atomic mass is 35.5. The molecule has 0 radical (unpaired) electrons. The number of carbonyl (C=O) groups excluding carboxylic acids is 2. The number of nitrogens with two attached hydrogens (primary N) is 1. The van der Waals surface area contributed by atoms with Crippen LogP contribution in [-0.2, 0) is 4.79 Å². The van der Waals surface area contributed by atoms with Gasteiger partial charge in [-0.25, -0.2) is 4.79 Å². The van der Waals surface area contributed by atoms with Crippen LogP contribution in [-0.4, -0.2) is 65.4 Å². The van der Waals surface area contributed by atoms with E-state index < -0.39 is 0 Å². The van der Waals surface area contributed by atoms with E-state index >= 15 is 0 Å². The number of urea groups is 1. The van der Waals surface area contributed by atoms with Crippen molar-refractivity contribution in [3.8, 4) is 0 Å². The Kier molecular flexibility index (Phi) is 8.02. The number of carbonyl (C=O) groups is 2. The maximum Gasteiger partial charge on any atom is 0.314 e. The third-order valence-electron chi connectivity index (χ3n) is 7.11. The average Bonchev–Trinajstić information content (AvgIpc) is 2.82. The van der Waals surface area contributed by atoms with Gasteiger partial charge in [-0.05, 0) is 61.1 Å². The van der Waals surface area contributed by atoms with Crippen LogP contribution in [0.15, 0.2) is 48.5 Å². The number of amides is 3. The molecule has 2 N–H and O–H groups in total. The molecule has 2 aromatic rings. The monoisotopic (exact) mass is 502 g/mol. The lowest BCUT2D eigenvalue weighted by Crippen LogP contribution is -2.55. The second kappa shape index (κ2) is 11.0. The van der Waals surface area contributed by atoms with Crippen molar-refractivity contribution in [2.24, 2.45) is 11.7 Å². The maximum atomic E-state index is 13.2. The number of primary amides is 1. The first-order valence-corrected chi connectivity index (χ1v) is 12.7. The number of nitrogens with zero attached hydrogens (tertiary/aromatic N) is 3. The highest BCUT2D eigenvalue weighted by Gasteiger charge is 2.33. The summed E-state index contributed by atoms with van der Waals surface area (Å²) in [5.74, 6) is 0.517. The number of piperazine rings is 1. The molecule has 2 aliphatic heterocycles. The third kappa shape index (κ3) is 5.85. The largest absolute Gasteiger partial charge is 0.351 e. The molecule has 0 aliphatic carbocycles. The number of hydrogen-bond donors (Lipinski definition) is 1. The molecular formula is C26H32Cl2N4O2. The van der Waals surface area contributed by atoms with Gasteiger partial charge in [0.2, 0.25) is 5.91 Å². The number of halogens is 2. The quantitative estimate of drug-likeness (QED) is 0.638. The van der Waals surface area contributed by atoms with Crippen LogP contribution in [0.3, 0.4) is 0 Å². The van der Waals surface area contributed by atoms with Gasteiger partial charge < -0.3 is 15.5 Å². The summed E-state index contributed by atoms with van der Waals surface area (Å²) in [5.41, 5.74) is 7.71. The number of piperidine rings is 1. The molecule has 4 rings (SSSR count). The van der Waals surface area contributed by atoms with Crippen LogP contribution < -0.4 is 5.73 Å². The van der Waals surface area contributed by atoms with Gasteiger partial charge in [0.1, 0.15) is 0 Å². The van der Waals surface area contributed by atoms with Gasteiger partial charge in [-0.1, -0.05) is 47.5 Å². The molecule has 2 heterocycles. The van der Waals surface area contributed by atoms with Crippen LogP contribution in [0.1, 0.15) is 43.4 Å². The molecule has 0 spiro atoms. The van der Waals surface area contributed by atoms with Crippen LogP contribution in [0, 0.1) is 5.92 Å². The normalized spacial score (nSPS) is 20.1. The smallest absolute Gasteiger partial charge is 0.314 e. The van der Waals surface area contributed by atoms with E-state index in [0.29, 0.717) is 42.0 Å². The van der Waals surface area contributed by atoms with Gasteiger partial charge in [-0.15, -0.1) is 0 Å². The van der Waals surface area contributed by atoms with E-state index in [1.807, 2.05) is 29.2 Å². The molecule has 0 aromatic heterocycles. The Morgan fingerprint density at radius 2 is 1.44 bits per heavy atom. The van der Waals surface area contributed by atoms with E-state index in [-0.39, 0.29) is 24.0 Å². The standard InChI is InChI=1S/C26H32Cl2N4O2/c1-18-17-31(14-15-32(18)24(33)16-19-10-12-30(13-11-19)26(29)34)25(20-2-6-22(27)7-3-20)21-4-8-23(28)9-5-21/h2-9,18-19,25H,10-17H2,1H3,(H2,29,34)/t18-/m0/s1. The summed E-state index contributed by atoms with van der Waals surface area (Å²) in [4.78, 5) is 30.6. The van der Waals surface area contributed by atoms with Gasteiger partial charge in [0.25, 0.3) is 0 Å². The van der Waals surface area contributed by atoms with Gasteiger partial charge >= 0.3 is 6.03 Å². The molecule has 3 amide bonds. The van der Waals surface area contributed by atoms with Gasteiger partial charge in [-0.3, -0.25) is 9.69 Å². The molecular weight excluding hydrogens is 471 g/mol. The van der Waals surface area contributed by atoms with E-state index in [4.69, 9.17) is 28.9 Å². The van der Waals surface area contributed by atoms with Crippen LogP contribution >= 0.6 is 23.2 Å². The molecule has 2 aromatic carbocycles. The molecule has 2 aliphatic rings. The summed E-state index contributed by atoms with van der Waals surface area (Å²) in [7, 11) is 0. The highest BCUT2D eigenvalue weighted by Crippen LogP contribution is 2.32. The topological polar surface area (TPSA) is 69.9 Å². The van der Waals surface area contributed by atoms with Crippen LogP contribution in [0.5, 0.6) is 0 Å². The summed E-state index contributed by atoms with van der Waals surface area (Å²) < 4.78 is 0. The summed E-state index contributed by atoms with van der Waals surface area (Å²) in [6.07, 6.45) is 2.20. The van der Waals surface area contributed by atoms with Gasteiger partial charge in [-0.2, -0.15) is 0 Å². The Labute approximate surface area is 211 Å². The van der Waals surface area contributed by atoms with Crippen molar-refractivity contribution in [3.63, 3.8) is 0 Å². The highest BCUT2D eigenvalue weighted by molar-refractivity contribution is 6.30. The summed E-state index contributed by atoms with van der Waals surface area (Å²) >= 11 is 12.3. The predicted molar refractivity (Wildman–Crippen MR) is 136 cm³/mol. The molecule has 6 nitrogen and oxygen atoms in total. The first kappa shape index (κ1) is 24.8. The number of likely N-dealkylation sites (tertiary alicyclic amines) is 1. The minimum atomic E-state index is -0.370. The van der Waals surface area contributed by atoms with E-state index in [1.165, 1.54) is 11.1 Å². The lowest BCUT2D eigenvalue weighted by molar-refractivity contribution is -0.137. The van der Waals surface area contributed by atoms with E-state index in [9.17, 15) is 9.59 Å². The molecule has 34 heavy (non-hydrogen) atoms. The van der Waals surface area contributed by atoms with Crippen molar-refractivity contribution in [1.82, 2.24) is 14.7 Å².